The topological polar surface area (TPSA) is 51.1 Å². The molecule has 2 aromatic rings. The minimum atomic E-state index is -0.294. The van der Waals surface area contributed by atoms with Crippen molar-refractivity contribution >= 4 is 11.6 Å². The Morgan fingerprint density at radius 1 is 1.21 bits per heavy atom. The number of oxime groups is 1. The quantitative estimate of drug-likeness (QED) is 0.706. The van der Waals surface area contributed by atoms with Crippen molar-refractivity contribution in [2.75, 3.05) is 13.7 Å². The molecule has 1 fully saturated rings. The van der Waals surface area contributed by atoms with Gasteiger partial charge in [-0.1, -0.05) is 41.9 Å². The van der Waals surface area contributed by atoms with Gasteiger partial charge < -0.3 is 14.5 Å². The maximum absolute atomic E-state index is 14.2. The van der Waals surface area contributed by atoms with Crippen LogP contribution in [0.25, 0.3) is 0 Å². The molecule has 0 aromatic heterocycles. The second-order valence-corrected chi connectivity index (χ2v) is 7.61. The minimum Gasteiger partial charge on any atom is -0.496 e. The number of methoxy groups -OCH3 is 1. The Hall–Kier alpha value is -2.89. The number of nitrogens with zero attached hydrogens (tertiary/aromatic N) is 2. The summed E-state index contributed by atoms with van der Waals surface area (Å²) in [7, 11) is 1.63. The lowest BCUT2D eigenvalue weighted by molar-refractivity contribution is -0.140. The maximum Gasteiger partial charge on any atom is 0.226 e. The average molecular weight is 396 g/mol. The third-order valence-corrected chi connectivity index (χ3v) is 5.66. The van der Waals surface area contributed by atoms with Gasteiger partial charge in [-0.3, -0.25) is 4.79 Å². The van der Waals surface area contributed by atoms with Gasteiger partial charge in [-0.15, -0.1) is 0 Å². The van der Waals surface area contributed by atoms with Crippen molar-refractivity contribution in [1.29, 1.82) is 0 Å². The van der Waals surface area contributed by atoms with Gasteiger partial charge in [-0.25, -0.2) is 4.39 Å². The summed E-state index contributed by atoms with van der Waals surface area (Å²) in [6, 6.07) is 14.3. The highest BCUT2D eigenvalue weighted by Gasteiger charge is 2.33. The normalized spacial score (nSPS) is 18.6. The first-order valence-electron chi connectivity index (χ1n) is 10.0. The smallest absolute Gasteiger partial charge is 0.226 e. The van der Waals surface area contributed by atoms with E-state index in [2.05, 4.69) is 5.16 Å². The lowest BCUT2D eigenvalue weighted by atomic mass is 9.84. The first-order valence-corrected chi connectivity index (χ1v) is 10.0. The zero-order valence-electron chi connectivity index (χ0n) is 16.5. The summed E-state index contributed by atoms with van der Waals surface area (Å²) in [6.07, 6.45) is 3.20. The Labute approximate surface area is 170 Å². The zero-order chi connectivity index (χ0) is 20.2. The van der Waals surface area contributed by atoms with Gasteiger partial charge in [0.15, 0.2) is 6.10 Å². The van der Waals surface area contributed by atoms with Gasteiger partial charge in [0.2, 0.25) is 5.91 Å². The molecule has 1 saturated carbocycles. The van der Waals surface area contributed by atoms with Crippen LogP contribution in [0, 0.1) is 11.7 Å². The van der Waals surface area contributed by atoms with Gasteiger partial charge >= 0.3 is 0 Å². The molecule has 6 heteroatoms. The second-order valence-electron chi connectivity index (χ2n) is 7.61. The number of benzene rings is 2. The molecule has 0 N–H and O–H groups in total. The molecule has 1 heterocycles. The van der Waals surface area contributed by atoms with Crippen LogP contribution >= 0.6 is 0 Å². The fourth-order valence-corrected chi connectivity index (χ4v) is 3.79. The van der Waals surface area contributed by atoms with E-state index >= 15 is 0 Å². The summed E-state index contributed by atoms with van der Waals surface area (Å²) in [4.78, 5) is 20.3. The molecule has 2 aliphatic rings. The first-order chi connectivity index (χ1) is 14.2. The number of ether oxygens (including phenoxy) is 1. The average Bonchev–Trinajstić information content (AvgIpc) is 3.16. The van der Waals surface area contributed by atoms with E-state index in [0.717, 1.165) is 36.3 Å². The molecule has 1 aliphatic heterocycles. The SMILES string of the molecule is COc1ccccc1C1=NOC(CN(Cc2ccccc2F)C(=O)C2CCC2)C1. The molecular formula is C23H25FN2O3. The molecular weight excluding hydrogens is 371 g/mol. The van der Waals surface area contributed by atoms with E-state index in [-0.39, 0.29) is 30.3 Å². The summed E-state index contributed by atoms with van der Waals surface area (Å²) >= 11 is 0. The molecule has 152 valence electrons. The molecule has 1 atom stereocenters. The molecule has 29 heavy (non-hydrogen) atoms. The van der Waals surface area contributed by atoms with E-state index in [1.807, 2.05) is 24.3 Å². The lowest BCUT2D eigenvalue weighted by Crippen LogP contribution is -2.42. The maximum atomic E-state index is 14.2. The summed E-state index contributed by atoms with van der Waals surface area (Å²) in [5, 5.41) is 4.24. The molecule has 0 spiro atoms. The second kappa shape index (κ2) is 8.64. The molecule has 1 amide bonds. The molecule has 1 aliphatic carbocycles. The Kier molecular flexibility index (Phi) is 5.79. The van der Waals surface area contributed by atoms with Crippen molar-refractivity contribution in [2.45, 2.75) is 38.3 Å². The third kappa shape index (κ3) is 4.26. The van der Waals surface area contributed by atoms with Gasteiger partial charge in [0.1, 0.15) is 11.6 Å². The minimum absolute atomic E-state index is 0.0396. The van der Waals surface area contributed by atoms with Gasteiger partial charge in [0, 0.05) is 30.0 Å². The largest absolute Gasteiger partial charge is 0.496 e. The summed E-state index contributed by atoms with van der Waals surface area (Å²) in [5.41, 5.74) is 2.21. The number of carbonyl (C=O) groups is 1. The monoisotopic (exact) mass is 396 g/mol. The highest BCUT2D eigenvalue weighted by atomic mass is 19.1. The predicted octanol–water partition coefficient (Wildman–Crippen LogP) is 4.16. The van der Waals surface area contributed by atoms with Crippen molar-refractivity contribution in [2.24, 2.45) is 11.1 Å². The highest BCUT2D eigenvalue weighted by molar-refractivity contribution is 6.03. The van der Waals surface area contributed by atoms with Crippen LogP contribution in [0.15, 0.2) is 53.7 Å². The lowest BCUT2D eigenvalue weighted by Gasteiger charge is -2.32. The molecule has 0 saturated heterocycles. The van der Waals surface area contributed by atoms with E-state index in [1.165, 1.54) is 6.07 Å². The number of carbonyl (C=O) groups excluding carboxylic acids is 1. The van der Waals surface area contributed by atoms with Crippen molar-refractivity contribution < 1.29 is 18.8 Å². The van der Waals surface area contributed by atoms with Gasteiger partial charge in [0.25, 0.3) is 0 Å². The van der Waals surface area contributed by atoms with Crippen LogP contribution in [0.3, 0.4) is 0 Å². The standard InChI is InChI=1S/C23H25FN2O3/c1-28-22-12-5-3-10-19(22)21-13-18(29-25-21)15-26(23(27)16-8-6-9-16)14-17-7-2-4-11-20(17)24/h2-5,7,10-12,16,18H,6,8-9,13-15H2,1H3. The van der Waals surface area contributed by atoms with Crippen LogP contribution in [0.4, 0.5) is 4.39 Å². The molecule has 2 aromatic carbocycles. The molecule has 1 unspecified atom stereocenters. The Balaban J connectivity index is 1.47. The fourth-order valence-electron chi connectivity index (χ4n) is 3.79. The van der Waals surface area contributed by atoms with Crippen LogP contribution in [-0.2, 0) is 16.2 Å². The fraction of sp³-hybridized carbons (Fsp3) is 0.391. The van der Waals surface area contributed by atoms with Crippen LogP contribution in [-0.4, -0.2) is 36.3 Å². The highest BCUT2D eigenvalue weighted by Crippen LogP contribution is 2.30. The Morgan fingerprint density at radius 3 is 2.69 bits per heavy atom. The number of amides is 1. The molecule has 4 rings (SSSR count). The van der Waals surface area contributed by atoms with Gasteiger partial charge in [0.05, 0.1) is 19.4 Å². The third-order valence-electron chi connectivity index (χ3n) is 5.66. The summed E-state index contributed by atoms with van der Waals surface area (Å²) in [5.74, 6) is 0.563. The van der Waals surface area contributed by atoms with Crippen LogP contribution < -0.4 is 4.74 Å². The van der Waals surface area contributed by atoms with Crippen molar-refractivity contribution in [3.63, 3.8) is 0 Å². The molecule has 0 radical (unpaired) electrons. The Morgan fingerprint density at radius 2 is 1.97 bits per heavy atom. The van der Waals surface area contributed by atoms with E-state index in [0.29, 0.717) is 18.5 Å². The number of rotatable bonds is 7. The van der Waals surface area contributed by atoms with E-state index in [1.54, 1.807) is 30.2 Å². The zero-order valence-corrected chi connectivity index (χ0v) is 16.5. The first kappa shape index (κ1) is 19.4. The number of hydrogen-bond donors (Lipinski definition) is 0. The van der Waals surface area contributed by atoms with Crippen LogP contribution in [0.2, 0.25) is 0 Å². The van der Waals surface area contributed by atoms with Crippen molar-refractivity contribution in [3.05, 3.63) is 65.5 Å². The van der Waals surface area contributed by atoms with Crippen molar-refractivity contribution in [3.8, 4) is 5.75 Å². The van der Waals surface area contributed by atoms with Crippen LogP contribution in [0.5, 0.6) is 5.75 Å². The number of para-hydroxylation sites is 1. The summed E-state index contributed by atoms with van der Waals surface area (Å²) < 4.78 is 19.6. The van der Waals surface area contributed by atoms with Gasteiger partial charge in [-0.05, 0) is 31.0 Å². The van der Waals surface area contributed by atoms with E-state index < -0.39 is 0 Å². The summed E-state index contributed by atoms with van der Waals surface area (Å²) in [6.45, 7) is 0.623. The molecule has 0 bridgehead atoms. The molecule has 5 nitrogen and oxygen atoms in total. The predicted molar refractivity (Wildman–Crippen MR) is 108 cm³/mol. The van der Waals surface area contributed by atoms with Crippen molar-refractivity contribution in [1.82, 2.24) is 4.90 Å². The van der Waals surface area contributed by atoms with Crippen LogP contribution in [0.1, 0.15) is 36.8 Å². The Bertz CT molecular complexity index is 911. The number of halogens is 1. The number of hydrogen-bond acceptors (Lipinski definition) is 4. The van der Waals surface area contributed by atoms with E-state index in [4.69, 9.17) is 9.57 Å². The van der Waals surface area contributed by atoms with E-state index in [9.17, 15) is 9.18 Å². The van der Waals surface area contributed by atoms with Gasteiger partial charge in [-0.2, -0.15) is 0 Å².